The van der Waals surface area contributed by atoms with E-state index >= 15 is 0 Å². The van der Waals surface area contributed by atoms with Gasteiger partial charge in [0.05, 0.1) is 11.2 Å². The fourth-order valence-corrected chi connectivity index (χ4v) is 6.95. The number of rotatable bonds is 6. The monoisotopic (exact) mass is 658 g/mol. The lowest BCUT2D eigenvalue weighted by atomic mass is 9.92. The van der Waals surface area contributed by atoms with Gasteiger partial charge in [-0.05, 0) is 80.3 Å². The van der Waals surface area contributed by atoms with Crippen LogP contribution in [0.15, 0.2) is 42.7 Å². The molecule has 4 aromatic heterocycles. The van der Waals surface area contributed by atoms with E-state index in [9.17, 15) is 27.6 Å². The van der Waals surface area contributed by atoms with E-state index in [4.69, 9.17) is 0 Å². The maximum Gasteiger partial charge on any atom is 0.433 e. The van der Waals surface area contributed by atoms with Crippen LogP contribution in [0.1, 0.15) is 66.1 Å². The molecular formula is C34H33F3N8O3. The number of carbonyl (C=O) groups is 3. The summed E-state index contributed by atoms with van der Waals surface area (Å²) in [6, 6.07) is 6.66. The lowest BCUT2D eigenvalue weighted by Gasteiger charge is -2.37. The summed E-state index contributed by atoms with van der Waals surface area (Å²) >= 11 is 0. The number of aryl methyl sites for hydroxylation is 3. The molecule has 1 aliphatic carbocycles. The van der Waals surface area contributed by atoms with Crippen LogP contribution in [0, 0.1) is 26.2 Å². The number of hydrogen-bond donors (Lipinski definition) is 1. The number of piperidine rings is 1. The minimum Gasteiger partial charge on any atom is -0.325 e. The number of anilines is 1. The van der Waals surface area contributed by atoms with E-state index in [2.05, 4.69) is 32.4 Å². The number of benzene rings is 1. The number of amides is 2. The first kappa shape index (κ1) is 31.5. The normalized spacial score (nSPS) is 20.6. The number of hydrogen-bond acceptors (Lipinski definition) is 7. The zero-order valence-corrected chi connectivity index (χ0v) is 27.0. The zero-order valence-electron chi connectivity index (χ0n) is 27.0. The first-order valence-electron chi connectivity index (χ1n) is 15.6. The van der Waals surface area contributed by atoms with Crippen LogP contribution in [0.2, 0.25) is 0 Å². The second kappa shape index (κ2) is 11.0. The molecule has 2 aliphatic rings. The highest BCUT2D eigenvalue weighted by Gasteiger charge is 2.60. The summed E-state index contributed by atoms with van der Waals surface area (Å²) in [5.41, 5.74) is 3.83. The van der Waals surface area contributed by atoms with E-state index in [1.807, 2.05) is 38.2 Å². The molecule has 2 amide bonds. The number of aromatic nitrogens is 6. The number of halogens is 3. The van der Waals surface area contributed by atoms with Gasteiger partial charge in [0.1, 0.15) is 29.8 Å². The van der Waals surface area contributed by atoms with Crippen molar-refractivity contribution in [1.29, 1.82) is 0 Å². The van der Waals surface area contributed by atoms with Crippen LogP contribution in [0.25, 0.3) is 27.7 Å². The first-order chi connectivity index (χ1) is 22.6. The predicted molar refractivity (Wildman–Crippen MR) is 170 cm³/mol. The largest absolute Gasteiger partial charge is 0.433 e. The first-order valence-corrected chi connectivity index (χ1v) is 15.6. The standard InChI is InChI=1S/C34H33F3N8O3/c1-17-6-7-25(34(35,36)37)39-31(17)40-32(48)24-8-9-33(5)13-26(33)45(24)28(47)16-44-30-18(2)10-21(12-23(30)29(42-44)20(4)46)22-14-38-27-11-19(3)41-43(27)15-22/h6-7,10-12,14-15,24,26H,8-9,13,16H2,1-5H3,(H,39,40,48)/t24-,26+,33-/m0/s1. The third-order valence-electron chi connectivity index (χ3n) is 9.61. The van der Waals surface area contributed by atoms with E-state index in [-0.39, 0.29) is 41.2 Å². The van der Waals surface area contributed by atoms with Crippen molar-refractivity contribution >= 4 is 40.0 Å². The maximum absolute atomic E-state index is 14.1. The number of fused-ring (bicyclic) bond motifs is 3. The Morgan fingerprint density at radius 2 is 1.81 bits per heavy atom. The molecule has 5 aromatic rings. The van der Waals surface area contributed by atoms with Gasteiger partial charge in [0.15, 0.2) is 11.4 Å². The van der Waals surface area contributed by atoms with Crippen LogP contribution in [0.3, 0.4) is 0 Å². The van der Waals surface area contributed by atoms with Crippen molar-refractivity contribution in [3.05, 3.63) is 70.9 Å². The van der Waals surface area contributed by atoms with Gasteiger partial charge in [-0.25, -0.2) is 14.5 Å². The smallest absolute Gasteiger partial charge is 0.325 e. The number of carbonyl (C=O) groups excluding carboxylic acids is 3. The summed E-state index contributed by atoms with van der Waals surface area (Å²) < 4.78 is 43.3. The van der Waals surface area contributed by atoms with Crippen LogP contribution in [0.4, 0.5) is 19.0 Å². The topological polar surface area (TPSA) is 127 Å². The van der Waals surface area contributed by atoms with Gasteiger partial charge in [0.25, 0.3) is 0 Å². The molecule has 1 N–H and O–H groups in total. The number of nitrogens with one attached hydrogen (secondary N) is 1. The number of pyridine rings is 1. The van der Waals surface area contributed by atoms with Crippen LogP contribution < -0.4 is 5.32 Å². The SMILES string of the molecule is CC(=O)c1nn(CC(=O)N2[C@H](C(=O)Nc3nc(C(F)(F)F)ccc3C)CC[C@@]3(C)C[C@@H]23)c2c(C)cc(-c3cnc4cc(C)nn4c3)cc12. The van der Waals surface area contributed by atoms with Crippen molar-refractivity contribution in [2.24, 2.45) is 5.41 Å². The highest BCUT2D eigenvalue weighted by molar-refractivity contribution is 6.07. The minimum absolute atomic E-state index is 0.152. The molecule has 1 aliphatic heterocycles. The molecule has 48 heavy (non-hydrogen) atoms. The fraction of sp³-hybridized carbons (Fsp3) is 0.382. The molecule has 248 valence electrons. The lowest BCUT2D eigenvalue weighted by molar-refractivity contribution is -0.142. The van der Waals surface area contributed by atoms with Gasteiger partial charge in [-0.1, -0.05) is 13.0 Å². The molecule has 1 aromatic carbocycles. The van der Waals surface area contributed by atoms with Gasteiger partial charge >= 0.3 is 6.18 Å². The maximum atomic E-state index is 14.1. The summed E-state index contributed by atoms with van der Waals surface area (Å²) in [6.07, 6.45) is 0.665. The highest BCUT2D eigenvalue weighted by atomic mass is 19.4. The van der Waals surface area contributed by atoms with Crippen molar-refractivity contribution in [2.75, 3.05) is 5.32 Å². The van der Waals surface area contributed by atoms with E-state index in [1.165, 1.54) is 17.7 Å². The van der Waals surface area contributed by atoms with Gasteiger partial charge in [0, 0.05) is 42.4 Å². The Labute approximate surface area is 273 Å². The number of nitrogens with zero attached hydrogens (tertiary/aromatic N) is 7. The summed E-state index contributed by atoms with van der Waals surface area (Å²) in [4.78, 5) is 50.3. The third-order valence-corrected chi connectivity index (χ3v) is 9.61. The Kier molecular flexibility index (Phi) is 7.18. The summed E-state index contributed by atoms with van der Waals surface area (Å²) in [7, 11) is 0. The van der Waals surface area contributed by atoms with Crippen molar-refractivity contribution in [3.63, 3.8) is 0 Å². The summed E-state index contributed by atoms with van der Waals surface area (Å²) in [6.45, 7) is 8.56. The van der Waals surface area contributed by atoms with Crippen molar-refractivity contribution < 1.29 is 27.6 Å². The Hall–Kier alpha value is -5.14. The predicted octanol–water partition coefficient (Wildman–Crippen LogP) is 5.70. The molecule has 1 saturated carbocycles. The van der Waals surface area contributed by atoms with Gasteiger partial charge in [0.2, 0.25) is 11.8 Å². The van der Waals surface area contributed by atoms with Gasteiger partial charge in [-0.15, -0.1) is 0 Å². The average molecular weight is 659 g/mol. The molecule has 3 atom stereocenters. The fourth-order valence-electron chi connectivity index (χ4n) is 6.95. The van der Waals surface area contributed by atoms with E-state index in [1.54, 1.807) is 22.5 Å². The van der Waals surface area contributed by atoms with E-state index in [0.717, 1.165) is 28.5 Å². The van der Waals surface area contributed by atoms with Crippen molar-refractivity contribution in [2.45, 2.75) is 78.7 Å². The molecular weight excluding hydrogens is 625 g/mol. The van der Waals surface area contributed by atoms with Gasteiger partial charge < -0.3 is 10.2 Å². The molecule has 0 spiro atoms. The second-order valence-electron chi connectivity index (χ2n) is 13.3. The third kappa shape index (κ3) is 5.38. The average Bonchev–Trinajstić information content (AvgIpc) is 3.35. The van der Waals surface area contributed by atoms with Crippen LogP contribution in [-0.2, 0) is 22.3 Å². The summed E-state index contributed by atoms with van der Waals surface area (Å²) in [5.74, 6) is -1.43. The Morgan fingerprint density at radius 1 is 1.04 bits per heavy atom. The molecule has 1 saturated heterocycles. The van der Waals surface area contributed by atoms with E-state index < -0.39 is 23.8 Å². The quantitative estimate of drug-likeness (QED) is 0.232. The number of ketones is 1. The van der Waals surface area contributed by atoms with Crippen LogP contribution in [0.5, 0.6) is 0 Å². The van der Waals surface area contributed by atoms with Gasteiger partial charge in [-0.2, -0.15) is 23.4 Å². The number of Topliss-reactive ketones (excluding diaryl/α,β-unsaturated/α-hetero) is 1. The second-order valence-corrected chi connectivity index (χ2v) is 13.3. The summed E-state index contributed by atoms with van der Waals surface area (Å²) in [5, 5.41) is 12.2. The molecule has 0 radical (unpaired) electrons. The molecule has 0 unspecified atom stereocenters. The van der Waals surface area contributed by atoms with Crippen LogP contribution in [-0.4, -0.2) is 63.9 Å². The molecule has 2 fully saturated rings. The molecule has 0 bridgehead atoms. The number of alkyl halides is 3. The molecule has 7 rings (SSSR count). The van der Waals surface area contributed by atoms with Crippen molar-refractivity contribution in [3.8, 4) is 11.1 Å². The number of likely N-dealkylation sites (tertiary alicyclic amines) is 1. The molecule has 14 heteroatoms. The zero-order chi connectivity index (χ0) is 34.3. The lowest BCUT2D eigenvalue weighted by Crippen LogP contribution is -2.53. The van der Waals surface area contributed by atoms with Crippen molar-refractivity contribution in [1.82, 2.24) is 34.3 Å². The van der Waals surface area contributed by atoms with Gasteiger partial charge in [-0.3, -0.25) is 19.1 Å². The highest BCUT2D eigenvalue weighted by Crippen LogP contribution is 2.57. The molecule has 11 nitrogen and oxygen atoms in total. The van der Waals surface area contributed by atoms with Crippen LogP contribution >= 0.6 is 0 Å². The molecule has 5 heterocycles. The Morgan fingerprint density at radius 3 is 2.54 bits per heavy atom. The van der Waals surface area contributed by atoms with E-state index in [0.29, 0.717) is 41.4 Å². The Bertz CT molecular complexity index is 2170. The minimum atomic E-state index is -4.68. The Balaban J connectivity index is 1.21.